The SMILES string of the molecule is Cc1ccccc1OC1CN(C(=O)[C@@H]2CC(=O)N(C3CC3)C2)C1. The molecule has 2 amide bonds. The maximum atomic E-state index is 12.5. The predicted molar refractivity (Wildman–Crippen MR) is 85.0 cm³/mol. The zero-order valence-electron chi connectivity index (χ0n) is 13.4. The van der Waals surface area contributed by atoms with Crippen LogP contribution in [0.1, 0.15) is 24.8 Å². The molecule has 1 aliphatic carbocycles. The van der Waals surface area contributed by atoms with Crippen molar-refractivity contribution >= 4 is 11.8 Å². The molecule has 0 unspecified atom stereocenters. The van der Waals surface area contributed by atoms with Gasteiger partial charge in [-0.25, -0.2) is 0 Å². The minimum atomic E-state index is -0.150. The second-order valence-electron chi connectivity index (χ2n) is 6.93. The van der Waals surface area contributed by atoms with Crippen molar-refractivity contribution in [3.63, 3.8) is 0 Å². The molecule has 2 heterocycles. The van der Waals surface area contributed by atoms with Gasteiger partial charge in [0.25, 0.3) is 0 Å². The molecule has 2 aliphatic heterocycles. The lowest BCUT2D eigenvalue weighted by molar-refractivity contribution is -0.144. The van der Waals surface area contributed by atoms with E-state index in [1.165, 1.54) is 0 Å². The number of hydrogen-bond donors (Lipinski definition) is 0. The van der Waals surface area contributed by atoms with E-state index in [9.17, 15) is 9.59 Å². The number of rotatable bonds is 4. The molecule has 1 saturated carbocycles. The van der Waals surface area contributed by atoms with Crippen molar-refractivity contribution in [2.75, 3.05) is 19.6 Å². The third-order valence-corrected chi connectivity index (χ3v) is 5.04. The summed E-state index contributed by atoms with van der Waals surface area (Å²) < 4.78 is 5.94. The summed E-state index contributed by atoms with van der Waals surface area (Å²) in [7, 11) is 0. The molecule has 0 bridgehead atoms. The molecule has 0 spiro atoms. The summed E-state index contributed by atoms with van der Waals surface area (Å²) in [6.45, 7) is 3.89. The fourth-order valence-electron chi connectivity index (χ4n) is 3.46. The first-order chi connectivity index (χ1) is 11.1. The highest BCUT2D eigenvalue weighted by Crippen LogP contribution is 2.34. The standard InChI is InChI=1S/C18H22N2O3/c1-12-4-2-3-5-16(12)23-15-10-19(11-15)18(22)13-8-17(21)20(9-13)14-6-7-14/h2-5,13-15H,6-11H2,1H3/t13-/m1/s1. The van der Waals surface area contributed by atoms with Crippen LogP contribution in [0.5, 0.6) is 5.75 Å². The summed E-state index contributed by atoms with van der Waals surface area (Å²) >= 11 is 0. The number of carbonyl (C=O) groups is 2. The third-order valence-electron chi connectivity index (χ3n) is 5.04. The van der Waals surface area contributed by atoms with Crippen LogP contribution in [-0.4, -0.2) is 53.4 Å². The van der Waals surface area contributed by atoms with Crippen LogP contribution in [0, 0.1) is 12.8 Å². The van der Waals surface area contributed by atoms with Gasteiger partial charge in [0.2, 0.25) is 11.8 Å². The summed E-state index contributed by atoms with van der Waals surface area (Å²) in [5, 5.41) is 0. The molecule has 0 N–H and O–H groups in total. The van der Waals surface area contributed by atoms with Crippen LogP contribution in [0.25, 0.3) is 0 Å². The van der Waals surface area contributed by atoms with E-state index in [0.29, 0.717) is 32.1 Å². The number of hydrogen-bond acceptors (Lipinski definition) is 3. The van der Waals surface area contributed by atoms with Gasteiger partial charge in [-0.15, -0.1) is 0 Å². The predicted octanol–water partition coefficient (Wildman–Crippen LogP) is 1.60. The quantitative estimate of drug-likeness (QED) is 0.848. The molecule has 0 radical (unpaired) electrons. The van der Waals surface area contributed by atoms with E-state index in [0.717, 1.165) is 24.2 Å². The van der Waals surface area contributed by atoms with Gasteiger partial charge in [-0.3, -0.25) is 9.59 Å². The molecule has 122 valence electrons. The van der Waals surface area contributed by atoms with Crippen molar-refractivity contribution in [2.24, 2.45) is 5.92 Å². The fourth-order valence-corrected chi connectivity index (χ4v) is 3.46. The van der Waals surface area contributed by atoms with Crippen LogP contribution < -0.4 is 4.74 Å². The van der Waals surface area contributed by atoms with E-state index in [2.05, 4.69) is 0 Å². The molecule has 23 heavy (non-hydrogen) atoms. The summed E-state index contributed by atoms with van der Waals surface area (Å²) in [5.41, 5.74) is 1.11. The lowest BCUT2D eigenvalue weighted by atomic mass is 10.0. The van der Waals surface area contributed by atoms with Gasteiger partial charge in [-0.05, 0) is 31.4 Å². The number of nitrogens with zero attached hydrogens (tertiary/aromatic N) is 2. The summed E-state index contributed by atoms with van der Waals surface area (Å²) in [4.78, 5) is 28.2. The Hall–Kier alpha value is -2.04. The Kier molecular flexibility index (Phi) is 3.51. The van der Waals surface area contributed by atoms with Gasteiger partial charge in [-0.1, -0.05) is 18.2 Å². The minimum Gasteiger partial charge on any atom is -0.486 e. The van der Waals surface area contributed by atoms with Crippen molar-refractivity contribution < 1.29 is 14.3 Å². The van der Waals surface area contributed by atoms with Crippen LogP contribution >= 0.6 is 0 Å². The molecule has 5 nitrogen and oxygen atoms in total. The maximum absolute atomic E-state index is 12.5. The maximum Gasteiger partial charge on any atom is 0.228 e. The highest BCUT2D eigenvalue weighted by atomic mass is 16.5. The van der Waals surface area contributed by atoms with E-state index in [1.807, 2.05) is 41.0 Å². The zero-order valence-corrected chi connectivity index (χ0v) is 13.4. The van der Waals surface area contributed by atoms with E-state index in [-0.39, 0.29) is 23.8 Å². The smallest absolute Gasteiger partial charge is 0.228 e. The van der Waals surface area contributed by atoms with Crippen LogP contribution in [0.3, 0.4) is 0 Å². The van der Waals surface area contributed by atoms with Crippen LogP contribution in [-0.2, 0) is 9.59 Å². The van der Waals surface area contributed by atoms with Crippen LogP contribution in [0.2, 0.25) is 0 Å². The van der Waals surface area contributed by atoms with E-state index < -0.39 is 0 Å². The van der Waals surface area contributed by atoms with Crippen molar-refractivity contribution in [2.45, 2.75) is 38.3 Å². The molecule has 5 heteroatoms. The Labute approximate surface area is 136 Å². The Morgan fingerprint density at radius 3 is 2.61 bits per heavy atom. The highest BCUT2D eigenvalue weighted by Gasteiger charge is 2.44. The Balaban J connectivity index is 1.29. The molecule has 1 aromatic carbocycles. The van der Waals surface area contributed by atoms with E-state index in [1.54, 1.807) is 0 Å². The van der Waals surface area contributed by atoms with Gasteiger partial charge in [0.05, 0.1) is 19.0 Å². The van der Waals surface area contributed by atoms with Crippen molar-refractivity contribution in [3.8, 4) is 5.75 Å². The molecular formula is C18H22N2O3. The molecule has 1 atom stereocenters. The number of carbonyl (C=O) groups excluding carboxylic acids is 2. The van der Waals surface area contributed by atoms with Gasteiger partial charge in [0.15, 0.2) is 0 Å². The highest BCUT2D eigenvalue weighted by molar-refractivity contribution is 5.90. The number of aryl methyl sites for hydroxylation is 1. The Morgan fingerprint density at radius 1 is 1.17 bits per heavy atom. The molecule has 4 rings (SSSR count). The molecule has 3 fully saturated rings. The lowest BCUT2D eigenvalue weighted by Gasteiger charge is -2.40. The third kappa shape index (κ3) is 2.80. The molecular weight excluding hydrogens is 292 g/mol. The Bertz CT molecular complexity index is 635. The molecule has 2 saturated heterocycles. The number of ether oxygens (including phenoxy) is 1. The summed E-state index contributed by atoms with van der Waals surface area (Å²) in [5.74, 6) is 1.01. The van der Waals surface area contributed by atoms with Gasteiger partial charge in [0, 0.05) is 19.0 Å². The fraction of sp³-hybridized carbons (Fsp3) is 0.556. The van der Waals surface area contributed by atoms with Gasteiger partial charge < -0.3 is 14.5 Å². The van der Waals surface area contributed by atoms with Gasteiger partial charge in [-0.2, -0.15) is 0 Å². The van der Waals surface area contributed by atoms with E-state index in [4.69, 9.17) is 4.74 Å². The number of amides is 2. The summed E-state index contributed by atoms with van der Waals surface area (Å²) in [6.07, 6.45) is 2.65. The lowest BCUT2D eigenvalue weighted by Crippen LogP contribution is -2.57. The molecule has 0 aromatic heterocycles. The largest absolute Gasteiger partial charge is 0.486 e. The van der Waals surface area contributed by atoms with Crippen molar-refractivity contribution in [1.29, 1.82) is 0 Å². The van der Waals surface area contributed by atoms with Gasteiger partial charge in [0.1, 0.15) is 11.9 Å². The first-order valence-corrected chi connectivity index (χ1v) is 8.42. The normalized spacial score (nSPS) is 24.7. The number of benzene rings is 1. The topological polar surface area (TPSA) is 49.9 Å². The average molecular weight is 314 g/mol. The van der Waals surface area contributed by atoms with Crippen molar-refractivity contribution in [3.05, 3.63) is 29.8 Å². The van der Waals surface area contributed by atoms with Crippen molar-refractivity contribution in [1.82, 2.24) is 9.80 Å². The summed E-state index contributed by atoms with van der Waals surface area (Å²) in [6, 6.07) is 8.34. The van der Waals surface area contributed by atoms with E-state index >= 15 is 0 Å². The number of likely N-dealkylation sites (tertiary alicyclic amines) is 2. The molecule has 3 aliphatic rings. The monoisotopic (exact) mass is 314 g/mol. The first kappa shape index (κ1) is 14.5. The average Bonchev–Trinajstić information content (AvgIpc) is 3.26. The van der Waals surface area contributed by atoms with Crippen LogP contribution in [0.15, 0.2) is 24.3 Å². The Morgan fingerprint density at radius 2 is 1.91 bits per heavy atom. The number of para-hydroxylation sites is 1. The minimum absolute atomic E-state index is 0.0664. The second kappa shape index (κ2) is 5.55. The second-order valence-corrected chi connectivity index (χ2v) is 6.93. The first-order valence-electron chi connectivity index (χ1n) is 8.42. The van der Waals surface area contributed by atoms with Gasteiger partial charge >= 0.3 is 0 Å². The van der Waals surface area contributed by atoms with Crippen LogP contribution in [0.4, 0.5) is 0 Å². The molecule has 1 aromatic rings. The zero-order chi connectivity index (χ0) is 16.0.